The number of benzene rings is 2. The molecule has 0 atom stereocenters. The molecule has 0 saturated heterocycles. The van der Waals surface area contributed by atoms with Crippen molar-refractivity contribution in [2.75, 3.05) is 0 Å². The lowest BCUT2D eigenvalue weighted by Gasteiger charge is -2.23. The molecule has 21 heavy (non-hydrogen) atoms. The van der Waals surface area contributed by atoms with Crippen molar-refractivity contribution in [1.82, 2.24) is 0 Å². The van der Waals surface area contributed by atoms with Gasteiger partial charge in [0.1, 0.15) is 11.3 Å². The molecule has 0 aromatic heterocycles. The third-order valence-electron chi connectivity index (χ3n) is 3.10. The van der Waals surface area contributed by atoms with Crippen LogP contribution < -0.4 is 4.74 Å². The second-order valence-electron chi connectivity index (χ2n) is 5.77. The van der Waals surface area contributed by atoms with Crippen LogP contribution in [0.4, 0.5) is 4.39 Å². The molecule has 0 bridgehead atoms. The van der Waals surface area contributed by atoms with Crippen LogP contribution in [-0.4, -0.2) is 11.1 Å². The molecule has 0 aliphatic heterocycles. The largest absolute Gasteiger partial charge is 0.478 e. The van der Waals surface area contributed by atoms with Gasteiger partial charge in [-0.2, -0.15) is 0 Å². The van der Waals surface area contributed by atoms with Crippen molar-refractivity contribution in [3.63, 3.8) is 0 Å². The number of rotatable bonds is 3. The minimum atomic E-state index is -1.22. The molecule has 0 saturated carbocycles. The second-order valence-corrected chi connectivity index (χ2v) is 5.77. The van der Waals surface area contributed by atoms with Crippen LogP contribution in [0.3, 0.4) is 0 Å². The van der Waals surface area contributed by atoms with E-state index in [0.717, 1.165) is 5.56 Å². The maximum atomic E-state index is 13.9. The van der Waals surface area contributed by atoms with E-state index < -0.39 is 11.8 Å². The molecule has 0 unspecified atom stereocenters. The zero-order valence-electron chi connectivity index (χ0n) is 12.2. The van der Waals surface area contributed by atoms with Crippen molar-refractivity contribution in [3.05, 3.63) is 59.4 Å². The molecule has 1 N–H and O–H groups in total. The Bertz CT molecular complexity index is 672. The molecule has 110 valence electrons. The SMILES string of the molecule is CC(C)(C)c1ccccc1Oc1c(F)cccc1C(=O)O. The van der Waals surface area contributed by atoms with Crippen molar-refractivity contribution in [2.24, 2.45) is 0 Å². The van der Waals surface area contributed by atoms with Crippen molar-refractivity contribution in [3.8, 4) is 11.5 Å². The van der Waals surface area contributed by atoms with Gasteiger partial charge in [-0.1, -0.05) is 45.0 Å². The number of para-hydroxylation sites is 2. The van der Waals surface area contributed by atoms with Gasteiger partial charge in [0.2, 0.25) is 0 Å². The lowest BCUT2D eigenvalue weighted by Crippen LogP contribution is -2.13. The Morgan fingerprint density at radius 1 is 1.10 bits per heavy atom. The Morgan fingerprint density at radius 3 is 2.38 bits per heavy atom. The molecular weight excluding hydrogens is 271 g/mol. The summed E-state index contributed by atoms with van der Waals surface area (Å²) in [5, 5.41) is 9.15. The lowest BCUT2D eigenvalue weighted by molar-refractivity contribution is 0.0693. The Labute approximate surface area is 123 Å². The monoisotopic (exact) mass is 288 g/mol. The molecule has 2 aromatic carbocycles. The number of halogens is 1. The van der Waals surface area contributed by atoms with Crippen molar-refractivity contribution >= 4 is 5.97 Å². The minimum absolute atomic E-state index is 0.196. The van der Waals surface area contributed by atoms with E-state index in [2.05, 4.69) is 0 Å². The average molecular weight is 288 g/mol. The van der Waals surface area contributed by atoms with Gasteiger partial charge in [-0.3, -0.25) is 0 Å². The summed E-state index contributed by atoms with van der Waals surface area (Å²) < 4.78 is 19.5. The standard InChI is InChI=1S/C17H17FO3/c1-17(2,3)12-8-4-5-10-14(12)21-15-11(16(19)20)7-6-9-13(15)18/h4-10H,1-3H3,(H,19,20). The zero-order chi connectivity index (χ0) is 15.6. The summed E-state index contributed by atoms with van der Waals surface area (Å²) in [4.78, 5) is 11.2. The second kappa shape index (κ2) is 5.56. The van der Waals surface area contributed by atoms with E-state index >= 15 is 0 Å². The number of hydrogen-bond acceptors (Lipinski definition) is 2. The van der Waals surface area contributed by atoms with E-state index in [1.807, 2.05) is 32.9 Å². The maximum Gasteiger partial charge on any atom is 0.339 e. The highest BCUT2D eigenvalue weighted by molar-refractivity contribution is 5.91. The van der Waals surface area contributed by atoms with Gasteiger partial charge in [-0.25, -0.2) is 9.18 Å². The molecule has 0 amide bonds. The third kappa shape index (κ3) is 3.21. The van der Waals surface area contributed by atoms with Crippen molar-refractivity contribution < 1.29 is 19.0 Å². The summed E-state index contributed by atoms with van der Waals surface area (Å²) in [5.74, 6) is -1.73. The van der Waals surface area contributed by atoms with E-state index in [1.54, 1.807) is 12.1 Å². The topological polar surface area (TPSA) is 46.5 Å². The maximum absolute atomic E-state index is 13.9. The first kappa shape index (κ1) is 15.0. The highest BCUT2D eigenvalue weighted by atomic mass is 19.1. The molecule has 2 rings (SSSR count). The summed E-state index contributed by atoms with van der Waals surface area (Å²) in [6.07, 6.45) is 0. The third-order valence-corrected chi connectivity index (χ3v) is 3.10. The lowest BCUT2D eigenvalue weighted by atomic mass is 9.86. The molecule has 0 heterocycles. The average Bonchev–Trinajstić information content (AvgIpc) is 2.40. The Balaban J connectivity index is 2.52. The first-order valence-electron chi connectivity index (χ1n) is 6.60. The van der Waals surface area contributed by atoms with Gasteiger partial charge in [-0.05, 0) is 23.6 Å². The van der Waals surface area contributed by atoms with Crippen LogP contribution in [0.25, 0.3) is 0 Å². The van der Waals surface area contributed by atoms with Gasteiger partial charge in [0.15, 0.2) is 11.6 Å². The molecule has 0 spiro atoms. The minimum Gasteiger partial charge on any atom is -0.478 e. The fraction of sp³-hybridized carbons (Fsp3) is 0.235. The summed E-state index contributed by atoms with van der Waals surface area (Å²) >= 11 is 0. The van der Waals surface area contributed by atoms with Crippen LogP contribution in [0.1, 0.15) is 36.7 Å². The fourth-order valence-electron chi connectivity index (χ4n) is 2.07. The number of aromatic carboxylic acids is 1. The molecule has 4 heteroatoms. The summed E-state index contributed by atoms with van der Waals surface area (Å²) in [7, 11) is 0. The number of ether oxygens (including phenoxy) is 1. The van der Waals surface area contributed by atoms with Crippen molar-refractivity contribution in [2.45, 2.75) is 26.2 Å². The molecule has 2 aromatic rings. The van der Waals surface area contributed by atoms with Gasteiger partial charge < -0.3 is 9.84 Å². The van der Waals surface area contributed by atoms with E-state index in [4.69, 9.17) is 9.84 Å². The van der Waals surface area contributed by atoms with Crippen LogP contribution in [-0.2, 0) is 5.41 Å². The van der Waals surface area contributed by atoms with Gasteiger partial charge in [-0.15, -0.1) is 0 Å². The first-order chi connectivity index (χ1) is 9.80. The Hall–Kier alpha value is -2.36. The smallest absolute Gasteiger partial charge is 0.339 e. The summed E-state index contributed by atoms with van der Waals surface area (Å²) in [6, 6.07) is 11.1. The van der Waals surface area contributed by atoms with E-state index in [9.17, 15) is 9.18 Å². The van der Waals surface area contributed by atoms with Crippen LogP contribution in [0.15, 0.2) is 42.5 Å². The molecule has 0 radical (unpaired) electrons. The van der Waals surface area contributed by atoms with Crippen molar-refractivity contribution in [1.29, 1.82) is 0 Å². The van der Waals surface area contributed by atoms with Gasteiger partial charge >= 0.3 is 5.97 Å². The molecular formula is C17H17FO3. The normalized spacial score (nSPS) is 11.2. The number of hydrogen-bond donors (Lipinski definition) is 1. The summed E-state index contributed by atoms with van der Waals surface area (Å²) in [6.45, 7) is 6.03. The highest BCUT2D eigenvalue weighted by Gasteiger charge is 2.22. The van der Waals surface area contributed by atoms with Crippen LogP contribution in [0, 0.1) is 5.82 Å². The Morgan fingerprint density at radius 2 is 1.76 bits per heavy atom. The van der Waals surface area contributed by atoms with Gasteiger partial charge in [0.25, 0.3) is 0 Å². The number of carboxylic acids is 1. The quantitative estimate of drug-likeness (QED) is 0.896. The molecule has 0 aliphatic carbocycles. The Kier molecular flexibility index (Phi) is 3.98. The number of carbonyl (C=O) groups is 1. The van der Waals surface area contributed by atoms with Gasteiger partial charge in [0, 0.05) is 5.56 Å². The van der Waals surface area contributed by atoms with Crippen LogP contribution >= 0.6 is 0 Å². The van der Waals surface area contributed by atoms with Gasteiger partial charge in [0.05, 0.1) is 0 Å². The molecule has 0 fully saturated rings. The number of carboxylic acid groups (broad SMARTS) is 1. The molecule has 3 nitrogen and oxygen atoms in total. The van der Waals surface area contributed by atoms with Crippen LogP contribution in [0.2, 0.25) is 0 Å². The predicted molar refractivity (Wildman–Crippen MR) is 78.6 cm³/mol. The van der Waals surface area contributed by atoms with E-state index in [1.165, 1.54) is 18.2 Å². The van der Waals surface area contributed by atoms with Crippen LogP contribution in [0.5, 0.6) is 11.5 Å². The first-order valence-corrected chi connectivity index (χ1v) is 6.60. The predicted octanol–water partition coefficient (Wildman–Crippen LogP) is 4.61. The summed E-state index contributed by atoms with van der Waals surface area (Å²) in [5.41, 5.74) is 0.480. The van der Waals surface area contributed by atoms with E-state index in [-0.39, 0.29) is 16.7 Å². The van der Waals surface area contributed by atoms with E-state index in [0.29, 0.717) is 5.75 Å². The zero-order valence-corrected chi connectivity index (χ0v) is 12.2. The fourth-order valence-corrected chi connectivity index (χ4v) is 2.07. The highest BCUT2D eigenvalue weighted by Crippen LogP contribution is 2.36. The molecule has 0 aliphatic rings.